The quantitative estimate of drug-likeness (QED) is 0.702. The summed E-state index contributed by atoms with van der Waals surface area (Å²) in [7, 11) is 0. The van der Waals surface area contributed by atoms with Crippen molar-refractivity contribution < 1.29 is 0 Å². The van der Waals surface area contributed by atoms with E-state index in [4.69, 9.17) is 5.73 Å². The Kier molecular flexibility index (Phi) is 2.15. The maximum absolute atomic E-state index is 11.5. The van der Waals surface area contributed by atoms with Crippen molar-refractivity contribution in [2.24, 2.45) is 0 Å². The number of nitrogens with zero attached hydrogens (tertiary/aromatic N) is 3. The van der Waals surface area contributed by atoms with Gasteiger partial charge in [0.1, 0.15) is 5.65 Å². The molecule has 0 radical (unpaired) electrons. The number of hydrogen-bond donors (Lipinski definition) is 1. The molecule has 0 aromatic carbocycles. The maximum Gasteiger partial charge on any atom is 0.257 e. The number of rotatable bonds is 1. The van der Waals surface area contributed by atoms with Crippen LogP contribution >= 0.6 is 11.3 Å². The first-order valence-electron chi connectivity index (χ1n) is 4.93. The third-order valence-electron chi connectivity index (χ3n) is 2.40. The van der Waals surface area contributed by atoms with Gasteiger partial charge in [-0.2, -0.15) is 0 Å². The largest absolute Gasteiger partial charge is 0.375 e. The smallest absolute Gasteiger partial charge is 0.257 e. The second-order valence-corrected chi connectivity index (χ2v) is 4.55. The molecule has 0 unspecified atom stereocenters. The van der Waals surface area contributed by atoms with Crippen LogP contribution in [0.2, 0.25) is 0 Å². The summed E-state index contributed by atoms with van der Waals surface area (Å²) in [6, 6.07) is 5.12. The van der Waals surface area contributed by atoms with Crippen molar-refractivity contribution in [1.82, 2.24) is 14.4 Å². The van der Waals surface area contributed by atoms with E-state index < -0.39 is 0 Å². The lowest BCUT2D eigenvalue weighted by Gasteiger charge is -2.01. The predicted molar refractivity (Wildman–Crippen MR) is 67.0 cm³/mol. The minimum atomic E-state index is -0.0923. The Balaban J connectivity index is 2.24. The lowest BCUT2D eigenvalue weighted by Crippen LogP contribution is -2.12. The molecule has 0 saturated heterocycles. The highest BCUT2D eigenvalue weighted by Crippen LogP contribution is 2.27. The molecular weight excluding hydrogens is 236 g/mol. The number of pyridine rings is 1. The van der Waals surface area contributed by atoms with Crippen LogP contribution in [0.5, 0.6) is 0 Å². The highest BCUT2D eigenvalue weighted by Gasteiger charge is 2.04. The lowest BCUT2D eigenvalue weighted by molar-refractivity contribution is 1.05. The Morgan fingerprint density at radius 2 is 2.18 bits per heavy atom. The minimum Gasteiger partial charge on any atom is -0.375 e. The van der Waals surface area contributed by atoms with Gasteiger partial charge < -0.3 is 5.73 Å². The van der Waals surface area contributed by atoms with E-state index in [1.807, 2.05) is 12.1 Å². The second-order valence-electron chi connectivity index (χ2n) is 3.49. The summed E-state index contributed by atoms with van der Waals surface area (Å²) in [6.45, 7) is 0. The lowest BCUT2D eigenvalue weighted by atomic mass is 10.2. The molecule has 3 aromatic rings. The van der Waals surface area contributed by atoms with Crippen LogP contribution in [0.4, 0.5) is 5.13 Å². The summed E-state index contributed by atoms with van der Waals surface area (Å²) >= 11 is 1.41. The number of hydrogen-bond acceptors (Lipinski definition) is 5. The summed E-state index contributed by atoms with van der Waals surface area (Å²) in [5.41, 5.74) is 7.07. The molecule has 0 fully saturated rings. The Bertz CT molecular complexity index is 746. The van der Waals surface area contributed by atoms with E-state index in [9.17, 15) is 4.79 Å². The summed E-state index contributed by atoms with van der Waals surface area (Å²) in [5, 5.41) is 0.526. The minimum absolute atomic E-state index is 0.0923. The van der Waals surface area contributed by atoms with Crippen LogP contribution in [-0.2, 0) is 0 Å². The van der Waals surface area contributed by atoms with Gasteiger partial charge in [0.05, 0.1) is 4.88 Å². The zero-order valence-electron chi connectivity index (χ0n) is 8.70. The maximum atomic E-state index is 11.5. The van der Waals surface area contributed by atoms with Crippen LogP contribution in [0.15, 0.2) is 41.6 Å². The van der Waals surface area contributed by atoms with Crippen molar-refractivity contribution >= 4 is 22.1 Å². The molecule has 0 aliphatic carbocycles. The molecule has 5 nitrogen and oxygen atoms in total. The van der Waals surface area contributed by atoms with Crippen molar-refractivity contribution in [3.8, 4) is 10.4 Å². The first kappa shape index (κ1) is 9.98. The standard InChI is InChI=1S/C11H8N4OS/c12-11-14-6-8(17-11)7-2-4-15-9(5-7)13-3-1-10(15)16/h1-6H,(H2,12,14). The Morgan fingerprint density at radius 1 is 1.29 bits per heavy atom. The molecule has 0 aliphatic rings. The molecule has 6 heteroatoms. The van der Waals surface area contributed by atoms with Gasteiger partial charge >= 0.3 is 0 Å². The Hall–Kier alpha value is -2.21. The molecule has 0 atom stereocenters. The molecule has 17 heavy (non-hydrogen) atoms. The molecule has 3 aromatic heterocycles. The Morgan fingerprint density at radius 3 is 2.94 bits per heavy atom. The van der Waals surface area contributed by atoms with Crippen LogP contribution < -0.4 is 11.3 Å². The molecule has 0 aliphatic heterocycles. The van der Waals surface area contributed by atoms with Crippen LogP contribution in [0, 0.1) is 0 Å². The number of fused-ring (bicyclic) bond motifs is 1. The van der Waals surface area contributed by atoms with Crippen molar-refractivity contribution in [2.75, 3.05) is 5.73 Å². The van der Waals surface area contributed by atoms with E-state index in [0.717, 1.165) is 10.4 Å². The number of aromatic nitrogens is 3. The first-order chi connectivity index (χ1) is 8.24. The van der Waals surface area contributed by atoms with E-state index in [-0.39, 0.29) is 5.56 Å². The van der Waals surface area contributed by atoms with Gasteiger partial charge in [-0.1, -0.05) is 11.3 Å². The predicted octanol–water partition coefficient (Wildman–Crippen LogP) is 1.40. The van der Waals surface area contributed by atoms with Crippen molar-refractivity contribution in [2.45, 2.75) is 0 Å². The molecule has 3 rings (SSSR count). The van der Waals surface area contributed by atoms with Gasteiger partial charge in [0, 0.05) is 24.7 Å². The van der Waals surface area contributed by atoms with Gasteiger partial charge in [0.25, 0.3) is 5.56 Å². The van der Waals surface area contributed by atoms with Crippen molar-refractivity contribution in [3.63, 3.8) is 0 Å². The molecule has 2 N–H and O–H groups in total. The summed E-state index contributed by atoms with van der Waals surface area (Å²) in [4.78, 5) is 20.6. The molecule has 0 saturated carbocycles. The average molecular weight is 244 g/mol. The zero-order chi connectivity index (χ0) is 11.8. The van der Waals surface area contributed by atoms with Gasteiger partial charge in [0.15, 0.2) is 5.13 Å². The molecule has 0 spiro atoms. The highest BCUT2D eigenvalue weighted by molar-refractivity contribution is 7.18. The zero-order valence-corrected chi connectivity index (χ0v) is 9.52. The highest BCUT2D eigenvalue weighted by atomic mass is 32.1. The normalized spacial score (nSPS) is 10.8. The number of anilines is 1. The monoisotopic (exact) mass is 244 g/mol. The Labute approximate surface area is 100 Å². The first-order valence-corrected chi connectivity index (χ1v) is 5.75. The number of nitrogens with two attached hydrogens (primary N) is 1. The summed E-state index contributed by atoms with van der Waals surface area (Å²) in [5.74, 6) is 0. The van der Waals surface area contributed by atoms with E-state index >= 15 is 0 Å². The number of nitrogen functional groups attached to an aromatic ring is 1. The fourth-order valence-corrected chi connectivity index (χ4v) is 2.29. The molecular formula is C11H8N4OS. The molecule has 3 heterocycles. The van der Waals surface area contributed by atoms with E-state index in [0.29, 0.717) is 10.8 Å². The van der Waals surface area contributed by atoms with E-state index in [1.165, 1.54) is 28.0 Å². The topological polar surface area (TPSA) is 73.3 Å². The molecule has 84 valence electrons. The third-order valence-corrected chi connectivity index (χ3v) is 3.28. The second kappa shape index (κ2) is 3.67. The third kappa shape index (κ3) is 1.68. The van der Waals surface area contributed by atoms with Gasteiger partial charge in [0.2, 0.25) is 0 Å². The van der Waals surface area contributed by atoms with Crippen molar-refractivity contribution in [1.29, 1.82) is 0 Å². The van der Waals surface area contributed by atoms with Gasteiger partial charge in [-0.3, -0.25) is 9.20 Å². The molecule has 0 amide bonds. The molecule has 0 bridgehead atoms. The number of thiazole rings is 1. The van der Waals surface area contributed by atoms with E-state index in [2.05, 4.69) is 9.97 Å². The van der Waals surface area contributed by atoms with E-state index in [1.54, 1.807) is 12.4 Å². The van der Waals surface area contributed by atoms with Gasteiger partial charge in [-0.15, -0.1) is 0 Å². The van der Waals surface area contributed by atoms with Gasteiger partial charge in [-0.05, 0) is 17.7 Å². The SMILES string of the molecule is Nc1ncc(-c2ccn3c(=O)ccnc3c2)s1. The van der Waals surface area contributed by atoms with Crippen LogP contribution in [0.3, 0.4) is 0 Å². The van der Waals surface area contributed by atoms with Crippen LogP contribution in [0.25, 0.3) is 16.1 Å². The fourth-order valence-electron chi connectivity index (χ4n) is 1.61. The fraction of sp³-hybridized carbons (Fsp3) is 0. The average Bonchev–Trinajstić information content (AvgIpc) is 2.76. The van der Waals surface area contributed by atoms with Crippen molar-refractivity contribution in [3.05, 3.63) is 47.1 Å². The van der Waals surface area contributed by atoms with Crippen LogP contribution in [0.1, 0.15) is 0 Å². The summed E-state index contributed by atoms with van der Waals surface area (Å²) < 4.78 is 1.49. The van der Waals surface area contributed by atoms with Crippen LogP contribution in [-0.4, -0.2) is 14.4 Å². The van der Waals surface area contributed by atoms with Gasteiger partial charge in [-0.25, -0.2) is 9.97 Å². The summed E-state index contributed by atoms with van der Waals surface area (Å²) in [6.07, 6.45) is 4.92.